The maximum atomic E-state index is 12.4. The number of benzene rings is 2. The fourth-order valence-corrected chi connectivity index (χ4v) is 3.11. The summed E-state index contributed by atoms with van der Waals surface area (Å²) < 4.78 is 11.9. The zero-order chi connectivity index (χ0) is 21.2. The van der Waals surface area contributed by atoms with Gasteiger partial charge in [0.1, 0.15) is 11.5 Å². The van der Waals surface area contributed by atoms with Crippen LogP contribution in [0.3, 0.4) is 0 Å². The molecule has 2 aromatic carbocycles. The highest BCUT2D eigenvalue weighted by Crippen LogP contribution is 2.27. The molecule has 0 bridgehead atoms. The first-order valence-corrected chi connectivity index (χ1v) is 10.1. The second-order valence-electron chi connectivity index (χ2n) is 7.05. The van der Waals surface area contributed by atoms with Crippen LogP contribution in [0.4, 0.5) is 0 Å². The molecule has 0 amide bonds. The first-order valence-electron chi connectivity index (χ1n) is 10.1. The molecule has 0 saturated carbocycles. The second kappa shape index (κ2) is 11.3. The van der Waals surface area contributed by atoms with Crippen molar-refractivity contribution in [1.82, 2.24) is 0 Å². The Morgan fingerprint density at radius 2 is 1.55 bits per heavy atom. The van der Waals surface area contributed by atoms with Gasteiger partial charge in [-0.05, 0) is 37.6 Å². The number of Topliss-reactive ketones (excluding diaryl/α,β-unsaturated/α-hetero) is 1. The molecule has 29 heavy (non-hydrogen) atoms. The molecule has 4 nitrogen and oxygen atoms in total. The Balaban J connectivity index is 2.14. The summed E-state index contributed by atoms with van der Waals surface area (Å²) in [5.41, 5.74) is 1.52. The van der Waals surface area contributed by atoms with Crippen molar-refractivity contribution in [3.8, 4) is 0 Å². The summed E-state index contributed by atoms with van der Waals surface area (Å²) >= 11 is 0. The number of esters is 1. The number of allylic oxidation sites excluding steroid dienone is 1. The van der Waals surface area contributed by atoms with E-state index in [4.69, 9.17) is 9.47 Å². The number of carbonyl (C=O) groups excluding carboxylic acids is 2. The molecule has 154 valence electrons. The largest absolute Gasteiger partial charge is 0.428 e. The van der Waals surface area contributed by atoms with E-state index in [9.17, 15) is 9.59 Å². The van der Waals surface area contributed by atoms with Crippen molar-refractivity contribution in [1.29, 1.82) is 0 Å². The zero-order valence-electron chi connectivity index (χ0n) is 17.6. The predicted molar refractivity (Wildman–Crippen MR) is 114 cm³/mol. The lowest BCUT2D eigenvalue weighted by Gasteiger charge is -2.27. The van der Waals surface area contributed by atoms with Gasteiger partial charge in [0.15, 0.2) is 0 Å². The van der Waals surface area contributed by atoms with Gasteiger partial charge in [0.25, 0.3) is 0 Å². The van der Waals surface area contributed by atoms with Crippen molar-refractivity contribution in [2.45, 2.75) is 52.7 Å². The fraction of sp³-hybridized carbons (Fsp3) is 0.360. The predicted octanol–water partition coefficient (Wildman–Crippen LogP) is 5.90. The lowest BCUT2D eigenvalue weighted by Crippen LogP contribution is -2.30. The van der Waals surface area contributed by atoms with Gasteiger partial charge in [-0.3, -0.25) is 4.79 Å². The van der Waals surface area contributed by atoms with Gasteiger partial charge in [0.05, 0.1) is 17.8 Å². The van der Waals surface area contributed by atoms with Gasteiger partial charge in [-0.15, -0.1) is 0 Å². The minimum Gasteiger partial charge on any atom is -0.428 e. The summed E-state index contributed by atoms with van der Waals surface area (Å²) in [6.07, 6.45) is 1.96. The Bertz CT molecular complexity index is 811. The molecular weight excluding hydrogens is 364 g/mol. The Hall–Kier alpha value is -2.72. The Kier molecular flexibility index (Phi) is 8.81. The number of carbonyl (C=O) groups is 2. The van der Waals surface area contributed by atoms with E-state index in [2.05, 4.69) is 0 Å². The van der Waals surface area contributed by atoms with Gasteiger partial charge in [-0.2, -0.15) is 0 Å². The van der Waals surface area contributed by atoms with Gasteiger partial charge in [0, 0.05) is 18.8 Å². The minimum absolute atomic E-state index is 0.125. The summed E-state index contributed by atoms with van der Waals surface area (Å²) in [4.78, 5) is 24.8. The summed E-state index contributed by atoms with van der Waals surface area (Å²) in [6.45, 7) is 7.51. The van der Waals surface area contributed by atoms with E-state index in [1.54, 1.807) is 30.3 Å². The number of hydrogen-bond acceptors (Lipinski definition) is 4. The van der Waals surface area contributed by atoms with Gasteiger partial charge in [-0.25, -0.2) is 4.79 Å². The molecule has 0 aromatic heterocycles. The van der Waals surface area contributed by atoms with Crippen molar-refractivity contribution in [2.75, 3.05) is 0 Å². The molecule has 0 unspecified atom stereocenters. The molecule has 0 spiro atoms. The number of ketones is 1. The van der Waals surface area contributed by atoms with Crippen LogP contribution in [0.15, 0.2) is 72.5 Å². The first kappa shape index (κ1) is 22.6. The Morgan fingerprint density at radius 3 is 2.10 bits per heavy atom. The van der Waals surface area contributed by atoms with Crippen molar-refractivity contribution >= 4 is 11.8 Å². The molecule has 0 saturated heterocycles. The van der Waals surface area contributed by atoms with Crippen LogP contribution in [-0.2, 0) is 14.3 Å². The Labute approximate surface area is 173 Å². The van der Waals surface area contributed by atoms with E-state index in [0.717, 1.165) is 5.56 Å². The van der Waals surface area contributed by atoms with Crippen molar-refractivity contribution in [3.63, 3.8) is 0 Å². The van der Waals surface area contributed by atoms with E-state index in [0.29, 0.717) is 24.2 Å². The number of hydrogen-bond donors (Lipinski definition) is 0. The SMILES string of the molecule is C/C=C(/C[C@@H](O[C@@H](C)c1ccccc1)[C@H](C)C(=O)CC)OC(=O)c1ccccc1. The van der Waals surface area contributed by atoms with Gasteiger partial charge >= 0.3 is 5.97 Å². The van der Waals surface area contributed by atoms with E-state index < -0.39 is 12.1 Å². The van der Waals surface area contributed by atoms with Crippen LogP contribution in [0.25, 0.3) is 0 Å². The van der Waals surface area contributed by atoms with E-state index in [1.165, 1.54) is 0 Å². The highest BCUT2D eigenvalue weighted by molar-refractivity contribution is 5.90. The third-order valence-corrected chi connectivity index (χ3v) is 5.02. The summed E-state index contributed by atoms with van der Waals surface area (Å²) in [5, 5.41) is 0. The van der Waals surface area contributed by atoms with Crippen LogP contribution in [0.1, 0.15) is 62.6 Å². The number of ether oxygens (including phenoxy) is 2. The molecule has 0 fully saturated rings. The summed E-state index contributed by atoms with van der Waals surface area (Å²) in [5.74, 6) is -0.0977. The molecular formula is C25H30O4. The quantitative estimate of drug-likeness (QED) is 0.372. The molecule has 2 aromatic rings. The van der Waals surface area contributed by atoms with Crippen molar-refractivity contribution in [3.05, 3.63) is 83.6 Å². The number of rotatable bonds is 10. The lowest BCUT2D eigenvalue weighted by molar-refractivity contribution is -0.129. The molecule has 0 aliphatic rings. The molecule has 2 rings (SSSR count). The second-order valence-corrected chi connectivity index (χ2v) is 7.05. The van der Waals surface area contributed by atoms with Crippen LogP contribution in [0.2, 0.25) is 0 Å². The normalized spacial score (nSPS) is 14.7. The van der Waals surface area contributed by atoms with Gasteiger partial charge < -0.3 is 9.47 Å². The topological polar surface area (TPSA) is 52.6 Å². The highest BCUT2D eigenvalue weighted by atomic mass is 16.5. The summed E-state index contributed by atoms with van der Waals surface area (Å²) in [6, 6.07) is 18.7. The molecule has 0 heterocycles. The van der Waals surface area contributed by atoms with Gasteiger partial charge in [-0.1, -0.05) is 62.4 Å². The van der Waals surface area contributed by atoms with Crippen LogP contribution in [0.5, 0.6) is 0 Å². The van der Waals surface area contributed by atoms with Crippen LogP contribution < -0.4 is 0 Å². The molecule has 0 N–H and O–H groups in total. The Morgan fingerprint density at radius 1 is 0.966 bits per heavy atom. The maximum absolute atomic E-state index is 12.4. The molecule has 3 atom stereocenters. The average molecular weight is 395 g/mol. The third kappa shape index (κ3) is 6.68. The zero-order valence-corrected chi connectivity index (χ0v) is 17.6. The summed E-state index contributed by atoms with van der Waals surface area (Å²) in [7, 11) is 0. The maximum Gasteiger partial charge on any atom is 0.343 e. The molecule has 0 radical (unpaired) electrons. The fourth-order valence-electron chi connectivity index (χ4n) is 3.11. The monoisotopic (exact) mass is 394 g/mol. The smallest absolute Gasteiger partial charge is 0.343 e. The van der Waals surface area contributed by atoms with E-state index in [-0.39, 0.29) is 17.8 Å². The van der Waals surface area contributed by atoms with E-state index >= 15 is 0 Å². The van der Waals surface area contributed by atoms with Crippen LogP contribution in [0, 0.1) is 5.92 Å². The first-order chi connectivity index (χ1) is 14.0. The van der Waals surface area contributed by atoms with Gasteiger partial charge in [0.2, 0.25) is 0 Å². The standard InChI is InChI=1S/C25H30O4/c1-5-22(29-25(27)21-15-11-8-12-16-21)17-24(18(3)23(26)6-2)28-19(4)20-13-9-7-10-14-20/h5,7-16,18-19,24H,6,17H2,1-4H3/b22-5-/t18-,19+,24-/m1/s1. The molecule has 4 heteroatoms. The minimum atomic E-state index is -0.414. The third-order valence-electron chi connectivity index (χ3n) is 5.02. The average Bonchev–Trinajstić information content (AvgIpc) is 2.77. The van der Waals surface area contributed by atoms with E-state index in [1.807, 2.05) is 64.1 Å². The molecule has 0 aliphatic heterocycles. The van der Waals surface area contributed by atoms with Crippen LogP contribution >= 0.6 is 0 Å². The highest BCUT2D eigenvalue weighted by Gasteiger charge is 2.28. The van der Waals surface area contributed by atoms with Crippen LogP contribution in [-0.4, -0.2) is 17.9 Å². The lowest BCUT2D eigenvalue weighted by atomic mass is 9.94. The molecule has 0 aliphatic carbocycles. The van der Waals surface area contributed by atoms with Crippen molar-refractivity contribution in [2.24, 2.45) is 5.92 Å². The van der Waals surface area contributed by atoms with Crippen molar-refractivity contribution < 1.29 is 19.1 Å².